The van der Waals surface area contributed by atoms with Crippen LogP contribution in [0.5, 0.6) is 0 Å². The van der Waals surface area contributed by atoms with E-state index in [1.165, 1.54) is 0 Å². The maximum atomic E-state index is 12.4. The number of nitrogens with one attached hydrogen (secondary N) is 1. The molecule has 1 aromatic rings. The summed E-state index contributed by atoms with van der Waals surface area (Å²) in [6, 6.07) is 3.75. The summed E-state index contributed by atoms with van der Waals surface area (Å²) in [6.45, 7) is 5.30. The zero-order valence-corrected chi connectivity index (χ0v) is 13.9. The molecule has 2 atom stereocenters. The fraction of sp³-hybridized carbons (Fsp3) is 0.647. The number of rotatable bonds is 6. The lowest BCUT2D eigenvalue weighted by Crippen LogP contribution is -2.46. The van der Waals surface area contributed by atoms with Gasteiger partial charge in [0.2, 0.25) is 0 Å². The van der Waals surface area contributed by atoms with Crippen LogP contribution in [-0.4, -0.2) is 35.1 Å². The van der Waals surface area contributed by atoms with Gasteiger partial charge in [0.05, 0.1) is 6.04 Å². The molecular formula is C17H26N2O4. The molecule has 2 unspecified atom stereocenters. The van der Waals surface area contributed by atoms with Gasteiger partial charge < -0.3 is 19.7 Å². The molecule has 0 spiro atoms. The van der Waals surface area contributed by atoms with Crippen molar-refractivity contribution in [1.82, 2.24) is 10.2 Å². The van der Waals surface area contributed by atoms with Gasteiger partial charge in [-0.2, -0.15) is 0 Å². The third-order valence-corrected chi connectivity index (χ3v) is 4.33. The minimum atomic E-state index is -0.841. The zero-order valence-electron chi connectivity index (χ0n) is 13.9. The molecule has 128 valence electrons. The van der Waals surface area contributed by atoms with Gasteiger partial charge in [-0.05, 0) is 37.3 Å². The average Bonchev–Trinajstić information content (AvgIpc) is 3.00. The number of aliphatic carboxylic acids is 1. The summed E-state index contributed by atoms with van der Waals surface area (Å²) in [7, 11) is 0. The highest BCUT2D eigenvalue weighted by Gasteiger charge is 2.32. The van der Waals surface area contributed by atoms with E-state index in [0.717, 1.165) is 30.8 Å². The molecule has 1 saturated heterocycles. The van der Waals surface area contributed by atoms with Gasteiger partial charge in [0.25, 0.3) is 0 Å². The molecule has 2 heterocycles. The summed E-state index contributed by atoms with van der Waals surface area (Å²) < 4.78 is 5.86. The number of hydrogen-bond acceptors (Lipinski definition) is 3. The molecule has 1 aliphatic rings. The zero-order chi connectivity index (χ0) is 16.8. The number of nitrogens with zero attached hydrogens (tertiary/aromatic N) is 1. The Labute approximate surface area is 136 Å². The van der Waals surface area contributed by atoms with Crippen LogP contribution < -0.4 is 5.32 Å². The van der Waals surface area contributed by atoms with Crippen LogP contribution in [0.15, 0.2) is 16.5 Å². The highest BCUT2D eigenvalue weighted by molar-refractivity contribution is 5.75. The SMILES string of the molecule is CCc1ccc(C2CC(C)CCN2C(=O)NCCCC(=O)O)o1. The van der Waals surface area contributed by atoms with E-state index in [2.05, 4.69) is 12.2 Å². The summed E-state index contributed by atoms with van der Waals surface area (Å²) in [4.78, 5) is 24.8. The van der Waals surface area contributed by atoms with E-state index in [1.54, 1.807) is 0 Å². The standard InChI is InChI=1S/C17H26N2O4/c1-3-13-6-7-15(23-13)14-11-12(2)8-10-19(14)17(22)18-9-4-5-16(20)21/h6-7,12,14H,3-5,8-11H2,1-2H3,(H,18,22)(H,20,21). The lowest BCUT2D eigenvalue weighted by molar-refractivity contribution is -0.137. The molecular weight excluding hydrogens is 296 g/mol. The molecule has 1 fully saturated rings. The normalized spacial score (nSPS) is 21.2. The van der Waals surface area contributed by atoms with Gasteiger partial charge in [-0.1, -0.05) is 13.8 Å². The van der Waals surface area contributed by atoms with Gasteiger partial charge in [0.1, 0.15) is 11.5 Å². The number of hydrogen-bond donors (Lipinski definition) is 2. The van der Waals surface area contributed by atoms with E-state index >= 15 is 0 Å². The van der Waals surface area contributed by atoms with Crippen molar-refractivity contribution < 1.29 is 19.1 Å². The monoisotopic (exact) mass is 322 g/mol. The average molecular weight is 322 g/mol. The van der Waals surface area contributed by atoms with Crippen molar-refractivity contribution in [2.24, 2.45) is 5.92 Å². The third-order valence-electron chi connectivity index (χ3n) is 4.33. The van der Waals surface area contributed by atoms with Gasteiger partial charge in [0, 0.05) is 25.9 Å². The Kier molecular flexibility index (Phi) is 6.07. The van der Waals surface area contributed by atoms with E-state index in [0.29, 0.717) is 25.4 Å². The van der Waals surface area contributed by atoms with Crippen LogP contribution in [-0.2, 0) is 11.2 Å². The van der Waals surface area contributed by atoms with E-state index in [-0.39, 0.29) is 18.5 Å². The Hall–Kier alpha value is -1.98. The van der Waals surface area contributed by atoms with E-state index in [1.807, 2.05) is 24.0 Å². The molecule has 2 N–H and O–H groups in total. The highest BCUT2D eigenvalue weighted by Crippen LogP contribution is 2.34. The number of carboxylic acids is 1. The largest absolute Gasteiger partial charge is 0.481 e. The van der Waals surface area contributed by atoms with Crippen molar-refractivity contribution in [1.29, 1.82) is 0 Å². The van der Waals surface area contributed by atoms with Crippen molar-refractivity contribution >= 4 is 12.0 Å². The molecule has 23 heavy (non-hydrogen) atoms. The molecule has 2 rings (SSSR count). The van der Waals surface area contributed by atoms with E-state index < -0.39 is 5.97 Å². The number of amides is 2. The second-order valence-corrected chi connectivity index (χ2v) is 6.23. The van der Waals surface area contributed by atoms with Gasteiger partial charge >= 0.3 is 12.0 Å². The maximum absolute atomic E-state index is 12.4. The van der Waals surface area contributed by atoms with Crippen molar-refractivity contribution in [2.45, 2.75) is 52.0 Å². The minimum absolute atomic E-state index is 0.0430. The van der Waals surface area contributed by atoms with Gasteiger partial charge in [-0.3, -0.25) is 4.79 Å². The number of aryl methyl sites for hydroxylation is 1. The van der Waals surface area contributed by atoms with Crippen LogP contribution in [0.2, 0.25) is 0 Å². The predicted octanol–water partition coefficient (Wildman–Crippen LogP) is 3.19. The summed E-state index contributed by atoms with van der Waals surface area (Å²) in [5.74, 6) is 1.48. The number of likely N-dealkylation sites (tertiary alicyclic amines) is 1. The first-order valence-corrected chi connectivity index (χ1v) is 8.36. The third kappa shape index (κ3) is 4.74. The van der Waals surface area contributed by atoms with Gasteiger partial charge in [0.15, 0.2) is 0 Å². The molecule has 0 bridgehead atoms. The molecule has 2 amide bonds. The molecule has 0 radical (unpaired) electrons. The second-order valence-electron chi connectivity index (χ2n) is 6.23. The molecule has 0 aliphatic carbocycles. The van der Waals surface area contributed by atoms with Crippen molar-refractivity contribution in [3.63, 3.8) is 0 Å². The van der Waals surface area contributed by atoms with Gasteiger partial charge in [-0.25, -0.2) is 4.79 Å². The summed E-state index contributed by atoms with van der Waals surface area (Å²) >= 11 is 0. The smallest absolute Gasteiger partial charge is 0.318 e. The Morgan fingerprint density at radius 2 is 2.22 bits per heavy atom. The van der Waals surface area contributed by atoms with Crippen LogP contribution in [0.25, 0.3) is 0 Å². The molecule has 1 aliphatic heterocycles. The first kappa shape index (κ1) is 17.4. The summed E-state index contributed by atoms with van der Waals surface area (Å²) in [5.41, 5.74) is 0. The van der Waals surface area contributed by atoms with E-state index in [9.17, 15) is 9.59 Å². The Bertz CT molecular complexity index is 540. The maximum Gasteiger partial charge on any atom is 0.318 e. The number of piperidine rings is 1. The van der Waals surface area contributed by atoms with Crippen molar-refractivity contribution in [2.75, 3.05) is 13.1 Å². The fourth-order valence-corrected chi connectivity index (χ4v) is 2.95. The lowest BCUT2D eigenvalue weighted by Gasteiger charge is -2.37. The predicted molar refractivity (Wildman–Crippen MR) is 86.2 cm³/mol. The highest BCUT2D eigenvalue weighted by atomic mass is 16.4. The van der Waals surface area contributed by atoms with Crippen LogP contribution in [0.4, 0.5) is 4.79 Å². The summed E-state index contributed by atoms with van der Waals surface area (Å²) in [6.07, 6.45) is 3.21. The lowest BCUT2D eigenvalue weighted by atomic mass is 9.91. The molecule has 0 saturated carbocycles. The summed E-state index contributed by atoms with van der Waals surface area (Å²) in [5, 5.41) is 11.5. The number of carbonyl (C=O) groups is 2. The quantitative estimate of drug-likeness (QED) is 0.788. The molecule has 6 nitrogen and oxygen atoms in total. The Morgan fingerprint density at radius 3 is 2.87 bits per heavy atom. The first-order valence-electron chi connectivity index (χ1n) is 8.36. The number of carboxylic acid groups (broad SMARTS) is 1. The number of furan rings is 1. The fourth-order valence-electron chi connectivity index (χ4n) is 2.95. The van der Waals surface area contributed by atoms with Crippen LogP contribution in [0.1, 0.15) is 57.1 Å². The van der Waals surface area contributed by atoms with Crippen LogP contribution in [0, 0.1) is 5.92 Å². The first-order chi connectivity index (χ1) is 11.0. The second kappa shape index (κ2) is 8.04. The van der Waals surface area contributed by atoms with Crippen molar-refractivity contribution in [3.8, 4) is 0 Å². The van der Waals surface area contributed by atoms with Crippen LogP contribution >= 0.6 is 0 Å². The molecule has 0 aromatic carbocycles. The molecule has 6 heteroatoms. The Morgan fingerprint density at radius 1 is 1.43 bits per heavy atom. The minimum Gasteiger partial charge on any atom is -0.481 e. The van der Waals surface area contributed by atoms with Crippen LogP contribution in [0.3, 0.4) is 0 Å². The van der Waals surface area contributed by atoms with Crippen molar-refractivity contribution in [3.05, 3.63) is 23.7 Å². The van der Waals surface area contributed by atoms with E-state index in [4.69, 9.17) is 9.52 Å². The number of urea groups is 1. The Balaban J connectivity index is 1.99. The van der Waals surface area contributed by atoms with Gasteiger partial charge in [-0.15, -0.1) is 0 Å². The molecule has 1 aromatic heterocycles. The topological polar surface area (TPSA) is 82.8 Å². The number of carbonyl (C=O) groups excluding carboxylic acids is 1.